The number of aromatic amines is 1. The number of nitrogens with one attached hydrogen (secondary N) is 1. The molecule has 1 heterocycles. The quantitative estimate of drug-likeness (QED) is 0.384. The molecule has 1 aromatic heterocycles. The fourth-order valence-corrected chi connectivity index (χ4v) is 1.68. The lowest BCUT2D eigenvalue weighted by Crippen LogP contribution is -2.16. The van der Waals surface area contributed by atoms with Crippen molar-refractivity contribution < 1.29 is 24.1 Å². The summed E-state index contributed by atoms with van der Waals surface area (Å²) in [7, 11) is 2.99. The highest BCUT2D eigenvalue weighted by atomic mass is 16.7. The molecule has 7 heteroatoms. The van der Waals surface area contributed by atoms with Crippen LogP contribution in [0.2, 0.25) is 0 Å². The molecule has 0 saturated heterocycles. The molecule has 0 radical (unpaired) electrons. The molecule has 1 aromatic carbocycles. The Kier molecular flexibility index (Phi) is 4.92. The molecule has 0 amide bonds. The Bertz CT molecular complexity index is 664. The van der Waals surface area contributed by atoms with Crippen LogP contribution in [0.4, 0.5) is 0 Å². The smallest absolute Gasteiger partial charge is 0.366 e. The SMILES string of the molecule is COc1cc(OC)cc(C(=O)ON=C(N)c2cc[nH+]cc2)c1. The lowest BCUT2D eigenvalue weighted by Gasteiger charge is -2.06. The second-order valence-corrected chi connectivity index (χ2v) is 4.25. The highest BCUT2D eigenvalue weighted by Crippen LogP contribution is 2.23. The van der Waals surface area contributed by atoms with Gasteiger partial charge in [-0.15, -0.1) is 0 Å². The molecule has 2 rings (SSSR count). The fraction of sp³-hybridized carbons (Fsp3) is 0.133. The average molecular weight is 302 g/mol. The number of carbonyl (C=O) groups excluding carboxylic acids is 1. The molecular weight excluding hydrogens is 286 g/mol. The molecule has 22 heavy (non-hydrogen) atoms. The first-order valence-corrected chi connectivity index (χ1v) is 6.38. The first-order chi connectivity index (χ1) is 10.6. The second kappa shape index (κ2) is 7.07. The van der Waals surface area contributed by atoms with Gasteiger partial charge in [-0.05, 0) is 12.1 Å². The molecule has 0 aliphatic heterocycles. The van der Waals surface area contributed by atoms with Crippen molar-refractivity contribution in [3.8, 4) is 11.5 Å². The van der Waals surface area contributed by atoms with Gasteiger partial charge >= 0.3 is 5.97 Å². The molecule has 0 spiro atoms. The topological polar surface area (TPSA) is 97.3 Å². The molecule has 0 aliphatic rings. The number of methoxy groups -OCH3 is 2. The third kappa shape index (κ3) is 3.72. The van der Waals surface area contributed by atoms with E-state index in [1.165, 1.54) is 26.4 Å². The number of ether oxygens (including phenoxy) is 2. The number of aromatic nitrogens is 1. The van der Waals surface area contributed by atoms with E-state index < -0.39 is 5.97 Å². The van der Waals surface area contributed by atoms with Gasteiger partial charge in [-0.3, -0.25) is 0 Å². The molecule has 0 fully saturated rings. The molecule has 2 aromatic rings. The Morgan fingerprint density at radius 3 is 2.18 bits per heavy atom. The number of nitrogens with zero attached hydrogens (tertiary/aromatic N) is 1. The van der Waals surface area contributed by atoms with E-state index in [2.05, 4.69) is 10.1 Å². The molecule has 0 bridgehead atoms. The predicted octanol–water partition coefficient (Wildman–Crippen LogP) is 0.995. The van der Waals surface area contributed by atoms with Crippen LogP contribution in [-0.2, 0) is 4.84 Å². The van der Waals surface area contributed by atoms with Crippen molar-refractivity contribution in [2.45, 2.75) is 0 Å². The molecule has 0 unspecified atom stereocenters. The summed E-state index contributed by atoms with van der Waals surface area (Å²) in [4.78, 5) is 19.7. The zero-order chi connectivity index (χ0) is 15.9. The van der Waals surface area contributed by atoms with Gasteiger partial charge < -0.3 is 20.0 Å². The number of rotatable bonds is 5. The largest absolute Gasteiger partial charge is 0.497 e. The first kappa shape index (κ1) is 15.3. The summed E-state index contributed by atoms with van der Waals surface area (Å²) in [6, 6.07) is 8.11. The van der Waals surface area contributed by atoms with Crippen molar-refractivity contribution in [1.82, 2.24) is 0 Å². The highest BCUT2D eigenvalue weighted by molar-refractivity contribution is 5.98. The van der Waals surface area contributed by atoms with Crippen LogP contribution < -0.4 is 20.2 Å². The molecule has 114 valence electrons. The lowest BCUT2D eigenvalue weighted by molar-refractivity contribution is -0.378. The third-order valence-corrected chi connectivity index (χ3v) is 2.83. The number of nitrogens with two attached hydrogens (primary N) is 1. The number of H-pyrrole nitrogens is 1. The first-order valence-electron chi connectivity index (χ1n) is 6.38. The Balaban J connectivity index is 2.15. The summed E-state index contributed by atoms with van der Waals surface area (Å²) in [6.45, 7) is 0. The Morgan fingerprint density at radius 2 is 1.64 bits per heavy atom. The van der Waals surface area contributed by atoms with Gasteiger partial charge in [0.25, 0.3) is 0 Å². The summed E-state index contributed by atoms with van der Waals surface area (Å²) in [6.07, 6.45) is 3.37. The Labute approximate surface area is 127 Å². The van der Waals surface area contributed by atoms with Crippen LogP contribution >= 0.6 is 0 Å². The monoisotopic (exact) mass is 302 g/mol. The van der Waals surface area contributed by atoms with E-state index in [1.807, 2.05) is 0 Å². The molecule has 0 aliphatic carbocycles. The van der Waals surface area contributed by atoms with E-state index >= 15 is 0 Å². The predicted molar refractivity (Wildman–Crippen MR) is 78.7 cm³/mol. The minimum atomic E-state index is -0.664. The number of hydrogen-bond acceptors (Lipinski definition) is 5. The van der Waals surface area contributed by atoms with Crippen molar-refractivity contribution in [3.63, 3.8) is 0 Å². The fourth-order valence-electron chi connectivity index (χ4n) is 1.68. The number of oxime groups is 1. The van der Waals surface area contributed by atoms with Gasteiger partial charge in [-0.25, -0.2) is 9.78 Å². The van der Waals surface area contributed by atoms with Crippen LogP contribution in [0.25, 0.3) is 0 Å². The van der Waals surface area contributed by atoms with E-state index in [1.54, 1.807) is 30.6 Å². The van der Waals surface area contributed by atoms with Crippen molar-refractivity contribution in [2.24, 2.45) is 10.9 Å². The van der Waals surface area contributed by atoms with Gasteiger partial charge in [-0.2, -0.15) is 0 Å². The van der Waals surface area contributed by atoms with Crippen molar-refractivity contribution in [2.75, 3.05) is 14.2 Å². The summed E-state index contributed by atoms with van der Waals surface area (Å²) in [5, 5.41) is 3.63. The van der Waals surface area contributed by atoms with Crippen LogP contribution in [0.3, 0.4) is 0 Å². The second-order valence-electron chi connectivity index (χ2n) is 4.25. The van der Waals surface area contributed by atoms with Gasteiger partial charge in [0.1, 0.15) is 11.5 Å². The van der Waals surface area contributed by atoms with Gasteiger partial charge in [-0.1, -0.05) is 5.16 Å². The van der Waals surface area contributed by atoms with Crippen molar-refractivity contribution in [1.29, 1.82) is 0 Å². The van der Waals surface area contributed by atoms with Gasteiger partial charge in [0.15, 0.2) is 18.2 Å². The number of pyridine rings is 1. The summed E-state index contributed by atoms with van der Waals surface area (Å²) >= 11 is 0. The van der Waals surface area contributed by atoms with Crippen molar-refractivity contribution >= 4 is 11.8 Å². The lowest BCUT2D eigenvalue weighted by atomic mass is 10.2. The summed E-state index contributed by atoms with van der Waals surface area (Å²) in [5.74, 6) is 0.378. The zero-order valence-corrected chi connectivity index (χ0v) is 12.2. The summed E-state index contributed by atoms with van der Waals surface area (Å²) in [5.41, 5.74) is 6.62. The van der Waals surface area contributed by atoms with Crippen molar-refractivity contribution in [3.05, 3.63) is 53.9 Å². The number of amidine groups is 1. The third-order valence-electron chi connectivity index (χ3n) is 2.83. The van der Waals surface area contributed by atoms with Crippen LogP contribution in [0.5, 0.6) is 11.5 Å². The highest BCUT2D eigenvalue weighted by Gasteiger charge is 2.12. The molecule has 3 N–H and O–H groups in total. The molecule has 7 nitrogen and oxygen atoms in total. The molecular formula is C15H16N3O4+. The van der Waals surface area contributed by atoms with Gasteiger partial charge in [0.05, 0.1) is 19.8 Å². The number of carbonyl (C=O) groups is 1. The standard InChI is InChI=1S/C15H15N3O4/c1-20-12-7-11(8-13(9-12)21-2)15(19)22-18-14(16)10-3-5-17-6-4-10/h3-9H,1-2H3,(H2,16,18)/p+1. The normalized spacial score (nSPS) is 10.9. The minimum absolute atomic E-state index is 0.0946. The zero-order valence-electron chi connectivity index (χ0n) is 12.2. The maximum atomic E-state index is 12.0. The van der Waals surface area contributed by atoms with Crippen LogP contribution in [0, 0.1) is 0 Å². The maximum Gasteiger partial charge on any atom is 0.366 e. The Hall–Kier alpha value is -3.09. The molecule has 0 saturated carbocycles. The summed E-state index contributed by atoms with van der Waals surface area (Å²) < 4.78 is 10.2. The van der Waals surface area contributed by atoms with Crippen LogP contribution in [-0.4, -0.2) is 26.0 Å². The van der Waals surface area contributed by atoms with Crippen LogP contribution in [0.1, 0.15) is 15.9 Å². The van der Waals surface area contributed by atoms with E-state index in [4.69, 9.17) is 20.0 Å². The average Bonchev–Trinajstić information content (AvgIpc) is 2.59. The molecule has 0 atom stereocenters. The Morgan fingerprint density at radius 1 is 1.05 bits per heavy atom. The van der Waals surface area contributed by atoms with E-state index in [-0.39, 0.29) is 11.4 Å². The van der Waals surface area contributed by atoms with E-state index in [0.717, 1.165) is 0 Å². The van der Waals surface area contributed by atoms with Gasteiger partial charge in [0.2, 0.25) is 0 Å². The van der Waals surface area contributed by atoms with Crippen LogP contribution in [0.15, 0.2) is 47.9 Å². The number of benzene rings is 1. The minimum Gasteiger partial charge on any atom is -0.497 e. The van der Waals surface area contributed by atoms with E-state index in [9.17, 15) is 4.79 Å². The van der Waals surface area contributed by atoms with E-state index in [0.29, 0.717) is 17.1 Å². The maximum absolute atomic E-state index is 12.0. The van der Waals surface area contributed by atoms with Gasteiger partial charge in [0, 0.05) is 23.8 Å². The number of hydrogen-bond donors (Lipinski definition) is 1.